The summed E-state index contributed by atoms with van der Waals surface area (Å²) in [6, 6.07) is 0. The van der Waals surface area contributed by atoms with E-state index in [1.807, 2.05) is 0 Å². The van der Waals surface area contributed by atoms with Crippen LogP contribution < -0.4 is 21.7 Å². The zero-order valence-electron chi connectivity index (χ0n) is 28.1. The summed E-state index contributed by atoms with van der Waals surface area (Å²) < 4.78 is 0. The molecule has 0 aromatic heterocycles. The third kappa shape index (κ3) is 32.4. The van der Waals surface area contributed by atoms with E-state index in [-0.39, 0.29) is 49.6 Å². The molecule has 0 bridgehead atoms. The van der Waals surface area contributed by atoms with E-state index >= 15 is 0 Å². The largest absolute Gasteiger partial charge is 0.330 e. The van der Waals surface area contributed by atoms with Crippen molar-refractivity contribution in [1.29, 1.82) is 0 Å². The highest BCUT2D eigenvalue weighted by Crippen LogP contribution is 2.45. The molecule has 4 nitrogen and oxygen atoms in total. The van der Waals surface area contributed by atoms with Crippen LogP contribution in [0.3, 0.4) is 0 Å². The quantitative estimate of drug-likeness (QED) is 0.0621. The van der Waals surface area contributed by atoms with E-state index in [0.29, 0.717) is 0 Å². The third-order valence-corrected chi connectivity index (χ3v) is 8.82. The van der Waals surface area contributed by atoms with Crippen LogP contribution in [0.25, 0.3) is 0 Å². The molecule has 4 atom stereocenters. The van der Waals surface area contributed by atoms with E-state index in [1.54, 1.807) is 19.3 Å². The van der Waals surface area contributed by atoms with Gasteiger partial charge in [0.05, 0.1) is 0 Å². The maximum absolute atomic E-state index is 5.47. The number of hydrogen-bond donors (Lipinski definition) is 4. The lowest BCUT2D eigenvalue weighted by molar-refractivity contribution is 0.515. The number of nitrogens with two attached hydrogens (primary N) is 1. The Labute approximate surface area is 288 Å². The lowest BCUT2D eigenvalue weighted by Gasteiger charge is -2.06. The van der Waals surface area contributed by atoms with Gasteiger partial charge < -0.3 is 21.7 Å². The molecule has 2 fully saturated rings. The van der Waals surface area contributed by atoms with Crippen molar-refractivity contribution in [3.63, 3.8) is 0 Å². The highest BCUT2D eigenvalue weighted by Gasteiger charge is 2.36. The highest BCUT2D eigenvalue weighted by molar-refractivity contribution is 5.86. The molecule has 0 aliphatic heterocycles. The van der Waals surface area contributed by atoms with Gasteiger partial charge in [-0.05, 0) is 108 Å². The van der Waals surface area contributed by atoms with E-state index in [4.69, 9.17) is 5.73 Å². The summed E-state index contributed by atoms with van der Waals surface area (Å²) in [7, 11) is 0. The molecular formula is C34H76Cl4N4. The van der Waals surface area contributed by atoms with Crippen molar-refractivity contribution in [3.8, 4) is 0 Å². The molecule has 0 aromatic carbocycles. The zero-order chi connectivity index (χ0) is 27.5. The first kappa shape index (κ1) is 49.9. The number of unbranched alkanes of at least 4 members (excludes halogenated alkanes) is 12. The van der Waals surface area contributed by atoms with Crippen LogP contribution >= 0.6 is 49.6 Å². The van der Waals surface area contributed by atoms with Gasteiger partial charge in [0.2, 0.25) is 0 Å². The topological polar surface area (TPSA) is 62.1 Å². The lowest BCUT2D eigenvalue weighted by Crippen LogP contribution is -2.23. The Hall–Kier alpha value is 1.00. The number of halogens is 4. The van der Waals surface area contributed by atoms with E-state index in [9.17, 15) is 0 Å². The second-order valence-electron chi connectivity index (χ2n) is 12.6. The number of rotatable bonds is 28. The van der Waals surface area contributed by atoms with Gasteiger partial charge in [-0.25, -0.2) is 0 Å². The average molecular weight is 683 g/mol. The van der Waals surface area contributed by atoms with Crippen molar-refractivity contribution in [3.05, 3.63) is 0 Å². The second-order valence-corrected chi connectivity index (χ2v) is 12.6. The molecule has 2 saturated carbocycles. The van der Waals surface area contributed by atoms with Gasteiger partial charge in [0.15, 0.2) is 0 Å². The van der Waals surface area contributed by atoms with Crippen molar-refractivity contribution in [2.75, 3.05) is 45.8 Å². The van der Waals surface area contributed by atoms with E-state index < -0.39 is 0 Å². The van der Waals surface area contributed by atoms with Crippen LogP contribution in [-0.2, 0) is 0 Å². The van der Waals surface area contributed by atoms with Gasteiger partial charge in [-0.15, -0.1) is 49.6 Å². The highest BCUT2D eigenvalue weighted by atomic mass is 35.5. The predicted molar refractivity (Wildman–Crippen MR) is 200 cm³/mol. The maximum Gasteiger partial charge on any atom is -0.00173 e. The second kappa shape index (κ2) is 38.2. The van der Waals surface area contributed by atoms with Crippen molar-refractivity contribution in [2.45, 2.75) is 149 Å². The minimum atomic E-state index is 0. The Balaban J connectivity index is -0.000000314. The van der Waals surface area contributed by atoms with Gasteiger partial charge in [-0.1, -0.05) is 111 Å². The molecule has 0 saturated heterocycles. The fourth-order valence-electron chi connectivity index (χ4n) is 5.85. The fraction of sp³-hybridized carbons (Fsp3) is 1.00. The summed E-state index contributed by atoms with van der Waals surface area (Å²) >= 11 is 0. The molecule has 260 valence electrons. The van der Waals surface area contributed by atoms with E-state index in [2.05, 4.69) is 36.7 Å². The number of hydrogen-bond acceptors (Lipinski definition) is 4. The van der Waals surface area contributed by atoms with Crippen LogP contribution in [0.2, 0.25) is 0 Å². The molecule has 8 heteroatoms. The molecule has 0 amide bonds. The molecule has 2 rings (SSSR count). The molecule has 0 heterocycles. The van der Waals surface area contributed by atoms with Crippen molar-refractivity contribution in [2.24, 2.45) is 29.4 Å². The monoisotopic (exact) mass is 680 g/mol. The van der Waals surface area contributed by atoms with Crippen LogP contribution in [0.1, 0.15) is 149 Å². The summed E-state index contributed by atoms with van der Waals surface area (Å²) in [5, 5.41) is 10.5. The predicted octanol–water partition coefficient (Wildman–Crippen LogP) is 9.74. The summed E-state index contributed by atoms with van der Waals surface area (Å²) in [6.45, 7) is 14.6. The fourth-order valence-corrected chi connectivity index (χ4v) is 5.85. The van der Waals surface area contributed by atoms with Crippen molar-refractivity contribution >= 4 is 49.6 Å². The molecule has 5 N–H and O–H groups in total. The van der Waals surface area contributed by atoms with E-state index in [0.717, 1.165) is 56.3 Å². The van der Waals surface area contributed by atoms with Crippen LogP contribution in [-0.4, -0.2) is 45.8 Å². The van der Waals surface area contributed by atoms with Crippen molar-refractivity contribution in [1.82, 2.24) is 16.0 Å². The SMILES string of the molecule is CCCCCCCCCC1CC1CCCCCCC.CCNCCCCNCC1CC1CNCCCCN.Cl.Cl.Cl.Cl. The van der Waals surface area contributed by atoms with Gasteiger partial charge >= 0.3 is 0 Å². The van der Waals surface area contributed by atoms with E-state index in [1.165, 1.54) is 122 Å². The molecule has 0 spiro atoms. The average Bonchev–Trinajstić information content (AvgIpc) is 3.85. The Morgan fingerprint density at radius 3 is 1.26 bits per heavy atom. The first-order valence-electron chi connectivity index (χ1n) is 17.6. The molecule has 2 aliphatic carbocycles. The summed E-state index contributed by atoms with van der Waals surface area (Å²) in [4.78, 5) is 0. The van der Waals surface area contributed by atoms with Gasteiger partial charge in [-0.2, -0.15) is 0 Å². The number of nitrogens with one attached hydrogen (secondary N) is 3. The smallest absolute Gasteiger partial charge is 0.00173 e. The Morgan fingerprint density at radius 1 is 0.452 bits per heavy atom. The van der Waals surface area contributed by atoms with Crippen LogP contribution in [0.15, 0.2) is 0 Å². The first-order chi connectivity index (χ1) is 18.8. The minimum Gasteiger partial charge on any atom is -0.330 e. The lowest BCUT2D eigenvalue weighted by atomic mass is 10.0. The normalized spacial score (nSPS) is 19.7. The maximum atomic E-state index is 5.47. The molecule has 0 aromatic rings. The van der Waals surface area contributed by atoms with Gasteiger partial charge in [0, 0.05) is 0 Å². The minimum absolute atomic E-state index is 0. The molecule has 42 heavy (non-hydrogen) atoms. The van der Waals surface area contributed by atoms with Crippen LogP contribution in [0, 0.1) is 23.7 Å². The van der Waals surface area contributed by atoms with Gasteiger partial charge in [-0.3, -0.25) is 0 Å². The van der Waals surface area contributed by atoms with Gasteiger partial charge in [0.25, 0.3) is 0 Å². The molecule has 4 unspecified atom stereocenters. The molecule has 0 radical (unpaired) electrons. The van der Waals surface area contributed by atoms with Crippen LogP contribution in [0.5, 0.6) is 0 Å². The summed E-state index contributed by atoms with van der Waals surface area (Å²) in [5.74, 6) is 4.13. The zero-order valence-corrected chi connectivity index (χ0v) is 31.4. The molecule has 2 aliphatic rings. The summed E-state index contributed by atoms with van der Waals surface area (Å²) in [5.41, 5.74) is 5.47. The van der Waals surface area contributed by atoms with Crippen LogP contribution in [0.4, 0.5) is 0 Å². The Morgan fingerprint density at radius 2 is 0.833 bits per heavy atom. The Bertz CT molecular complexity index is 448. The van der Waals surface area contributed by atoms with Crippen molar-refractivity contribution < 1.29 is 0 Å². The molecular weight excluding hydrogens is 606 g/mol. The van der Waals surface area contributed by atoms with Gasteiger partial charge in [0.1, 0.15) is 0 Å². The third-order valence-electron chi connectivity index (χ3n) is 8.82. The first-order valence-corrected chi connectivity index (χ1v) is 17.6. The standard InChI is InChI=1S/C19H38.C15H34N4.4ClH/c1-3-5-7-9-10-12-14-16-19-17-18(19)15-13-11-8-6-4-2;1-2-17-8-5-6-10-19-13-15-11-14(15)12-18-9-4-3-7-16;;;;/h18-19H,3-17H2,1-2H3;14-15,17-19H,2-13,16H2,1H3;4*1H. The summed E-state index contributed by atoms with van der Waals surface area (Å²) in [6.07, 6.45) is 28.6. The Kier molecular flexibility index (Phi) is 45.3.